The molecular formula is C21H21N3O4. The number of fused-ring (bicyclic) bond motifs is 1. The van der Waals surface area contributed by atoms with E-state index in [4.69, 9.17) is 4.74 Å². The number of carbonyl (C=O) groups is 2. The Bertz CT molecular complexity index is 1100. The first-order valence-corrected chi connectivity index (χ1v) is 9.02. The molecule has 0 spiro atoms. The molecule has 0 atom stereocenters. The van der Waals surface area contributed by atoms with E-state index >= 15 is 0 Å². The summed E-state index contributed by atoms with van der Waals surface area (Å²) < 4.78 is 6.28. The third-order valence-electron chi connectivity index (χ3n) is 4.16. The Kier molecular flexibility index (Phi) is 5.54. The number of benzene rings is 2. The molecule has 7 nitrogen and oxygen atoms in total. The fourth-order valence-corrected chi connectivity index (χ4v) is 2.85. The molecule has 0 saturated carbocycles. The number of nitrogens with zero attached hydrogens (tertiary/aromatic N) is 2. The smallest absolute Gasteiger partial charge is 0.338 e. The summed E-state index contributed by atoms with van der Waals surface area (Å²) in [7, 11) is 0. The lowest BCUT2D eigenvalue weighted by molar-refractivity contribution is 0.0526. The van der Waals surface area contributed by atoms with Gasteiger partial charge in [0.1, 0.15) is 0 Å². The molecule has 0 unspecified atom stereocenters. The van der Waals surface area contributed by atoms with Crippen LogP contribution in [0.1, 0.15) is 47.7 Å². The Morgan fingerprint density at radius 2 is 1.82 bits per heavy atom. The topological polar surface area (TPSA) is 90.3 Å². The summed E-state index contributed by atoms with van der Waals surface area (Å²) in [6.45, 7) is 5.65. The summed E-state index contributed by atoms with van der Waals surface area (Å²) in [6.07, 6.45) is 0. The molecule has 0 aliphatic carbocycles. The van der Waals surface area contributed by atoms with Gasteiger partial charge in [-0.05, 0) is 45.0 Å². The maximum absolute atomic E-state index is 12.9. The van der Waals surface area contributed by atoms with Gasteiger partial charge in [0.15, 0.2) is 5.69 Å². The van der Waals surface area contributed by atoms with Crippen LogP contribution in [-0.2, 0) is 4.74 Å². The van der Waals surface area contributed by atoms with Gasteiger partial charge in [-0.3, -0.25) is 9.59 Å². The first-order valence-electron chi connectivity index (χ1n) is 9.02. The van der Waals surface area contributed by atoms with Crippen molar-refractivity contribution in [3.8, 4) is 0 Å². The van der Waals surface area contributed by atoms with Crippen molar-refractivity contribution in [1.82, 2.24) is 9.78 Å². The highest BCUT2D eigenvalue weighted by Crippen LogP contribution is 2.18. The second kappa shape index (κ2) is 8.04. The number of nitrogens with one attached hydrogen (secondary N) is 1. The van der Waals surface area contributed by atoms with Gasteiger partial charge in [-0.2, -0.15) is 5.10 Å². The monoisotopic (exact) mass is 379 g/mol. The van der Waals surface area contributed by atoms with E-state index in [1.165, 1.54) is 10.7 Å². The van der Waals surface area contributed by atoms with Gasteiger partial charge in [0.2, 0.25) is 0 Å². The summed E-state index contributed by atoms with van der Waals surface area (Å²) in [6, 6.07) is 13.1. The van der Waals surface area contributed by atoms with Gasteiger partial charge in [-0.1, -0.05) is 24.3 Å². The normalized spacial score (nSPS) is 10.9. The predicted octanol–water partition coefficient (Wildman–Crippen LogP) is 3.41. The number of anilines is 1. The van der Waals surface area contributed by atoms with Crippen molar-refractivity contribution in [2.75, 3.05) is 11.9 Å². The summed E-state index contributed by atoms with van der Waals surface area (Å²) >= 11 is 0. The van der Waals surface area contributed by atoms with Crippen molar-refractivity contribution < 1.29 is 14.3 Å². The van der Waals surface area contributed by atoms with E-state index in [2.05, 4.69) is 10.4 Å². The molecule has 1 heterocycles. The van der Waals surface area contributed by atoms with E-state index in [-0.39, 0.29) is 23.9 Å². The van der Waals surface area contributed by atoms with Gasteiger partial charge in [0.05, 0.1) is 23.6 Å². The number of esters is 1. The van der Waals surface area contributed by atoms with Gasteiger partial charge < -0.3 is 10.1 Å². The lowest BCUT2D eigenvalue weighted by Crippen LogP contribution is -2.28. The summed E-state index contributed by atoms with van der Waals surface area (Å²) in [5.41, 5.74) is 0.672. The van der Waals surface area contributed by atoms with Gasteiger partial charge in [-0.15, -0.1) is 0 Å². The molecule has 1 N–H and O–H groups in total. The maximum Gasteiger partial charge on any atom is 0.338 e. The molecule has 2 aromatic carbocycles. The summed E-state index contributed by atoms with van der Waals surface area (Å²) in [5, 5.41) is 7.94. The molecule has 0 bridgehead atoms. The van der Waals surface area contributed by atoms with E-state index in [1.54, 1.807) is 49.4 Å². The molecule has 0 aliphatic heterocycles. The van der Waals surface area contributed by atoms with Crippen molar-refractivity contribution in [3.05, 3.63) is 70.1 Å². The van der Waals surface area contributed by atoms with Crippen molar-refractivity contribution in [2.45, 2.75) is 26.8 Å². The average Bonchev–Trinajstić information content (AvgIpc) is 2.68. The third kappa shape index (κ3) is 3.78. The van der Waals surface area contributed by atoms with Crippen LogP contribution in [0.5, 0.6) is 0 Å². The molecule has 28 heavy (non-hydrogen) atoms. The van der Waals surface area contributed by atoms with Crippen LogP contribution in [0.2, 0.25) is 0 Å². The zero-order valence-electron chi connectivity index (χ0n) is 15.9. The van der Waals surface area contributed by atoms with Gasteiger partial charge in [0.25, 0.3) is 11.5 Å². The quantitative estimate of drug-likeness (QED) is 0.686. The number of hydrogen-bond acceptors (Lipinski definition) is 5. The Balaban J connectivity index is 2.01. The number of carbonyl (C=O) groups excluding carboxylic acids is 2. The first-order chi connectivity index (χ1) is 13.4. The standard InChI is InChI=1S/C21H21N3O4/c1-4-28-21(27)14-8-7-9-15(12-14)22-19(25)18-16-10-5-6-11-17(16)20(26)24(23-18)13(2)3/h5-13H,4H2,1-3H3,(H,22,25). The van der Waals surface area contributed by atoms with Crippen LogP contribution >= 0.6 is 0 Å². The van der Waals surface area contributed by atoms with Crippen LogP contribution in [0, 0.1) is 0 Å². The Morgan fingerprint density at radius 3 is 2.50 bits per heavy atom. The van der Waals surface area contributed by atoms with E-state index in [0.717, 1.165) is 0 Å². The highest BCUT2D eigenvalue weighted by atomic mass is 16.5. The molecule has 0 saturated heterocycles. The van der Waals surface area contributed by atoms with Crippen molar-refractivity contribution in [2.24, 2.45) is 0 Å². The molecule has 3 aromatic rings. The lowest BCUT2D eigenvalue weighted by Gasteiger charge is -2.13. The zero-order valence-corrected chi connectivity index (χ0v) is 15.9. The van der Waals surface area contributed by atoms with E-state index in [1.807, 2.05) is 13.8 Å². The van der Waals surface area contributed by atoms with Crippen molar-refractivity contribution in [3.63, 3.8) is 0 Å². The minimum atomic E-state index is -0.466. The van der Waals surface area contributed by atoms with Crippen LogP contribution in [0.3, 0.4) is 0 Å². The molecule has 1 aromatic heterocycles. The Labute approximate surface area is 161 Å². The summed E-state index contributed by atoms with van der Waals surface area (Å²) in [5.74, 6) is -0.929. The van der Waals surface area contributed by atoms with Crippen molar-refractivity contribution in [1.29, 1.82) is 0 Å². The summed E-state index contributed by atoms with van der Waals surface area (Å²) in [4.78, 5) is 37.4. The number of aromatic nitrogens is 2. The molecular weight excluding hydrogens is 358 g/mol. The van der Waals surface area contributed by atoms with Crippen molar-refractivity contribution >= 4 is 28.3 Å². The third-order valence-corrected chi connectivity index (χ3v) is 4.16. The minimum absolute atomic E-state index is 0.144. The highest BCUT2D eigenvalue weighted by molar-refractivity contribution is 6.11. The number of rotatable bonds is 5. The molecule has 0 fully saturated rings. The fraction of sp³-hybridized carbons (Fsp3) is 0.238. The average molecular weight is 379 g/mol. The lowest BCUT2D eigenvalue weighted by atomic mass is 10.1. The van der Waals surface area contributed by atoms with Gasteiger partial charge >= 0.3 is 5.97 Å². The second-order valence-corrected chi connectivity index (χ2v) is 6.49. The zero-order chi connectivity index (χ0) is 20.3. The minimum Gasteiger partial charge on any atom is -0.462 e. The predicted molar refractivity (Wildman–Crippen MR) is 107 cm³/mol. The van der Waals surface area contributed by atoms with E-state index < -0.39 is 11.9 Å². The van der Waals surface area contributed by atoms with E-state index in [0.29, 0.717) is 22.0 Å². The second-order valence-electron chi connectivity index (χ2n) is 6.49. The van der Waals surface area contributed by atoms with Crippen LogP contribution in [0.4, 0.5) is 5.69 Å². The molecule has 1 amide bonds. The number of ether oxygens (including phenoxy) is 1. The SMILES string of the molecule is CCOC(=O)c1cccc(NC(=O)c2nn(C(C)C)c(=O)c3ccccc23)c1. The van der Waals surface area contributed by atoms with Crippen LogP contribution in [0.15, 0.2) is 53.3 Å². The number of amides is 1. The van der Waals surface area contributed by atoms with Crippen LogP contribution in [-0.4, -0.2) is 28.3 Å². The Hall–Kier alpha value is -3.48. The Morgan fingerprint density at radius 1 is 1.11 bits per heavy atom. The van der Waals surface area contributed by atoms with Gasteiger partial charge in [-0.25, -0.2) is 9.48 Å². The molecule has 3 rings (SSSR count). The molecule has 0 aliphatic rings. The molecule has 7 heteroatoms. The molecule has 0 radical (unpaired) electrons. The van der Waals surface area contributed by atoms with Crippen LogP contribution < -0.4 is 10.9 Å². The highest BCUT2D eigenvalue weighted by Gasteiger charge is 2.18. The molecule has 144 valence electrons. The maximum atomic E-state index is 12.9. The largest absolute Gasteiger partial charge is 0.462 e. The van der Waals surface area contributed by atoms with Gasteiger partial charge in [0, 0.05) is 11.1 Å². The van der Waals surface area contributed by atoms with Crippen LogP contribution in [0.25, 0.3) is 10.8 Å². The first kappa shape index (κ1) is 19.3. The number of hydrogen-bond donors (Lipinski definition) is 1. The fourth-order valence-electron chi connectivity index (χ4n) is 2.85. The van der Waals surface area contributed by atoms with E-state index in [9.17, 15) is 14.4 Å².